The maximum Gasteiger partial charge on any atom is 0.251 e. The Morgan fingerprint density at radius 2 is 1.86 bits per heavy atom. The topological polar surface area (TPSA) is 66.5 Å². The van der Waals surface area contributed by atoms with E-state index >= 15 is 0 Å². The molecular weight excluding hydrogens is 288 g/mol. The lowest BCUT2D eigenvalue weighted by Crippen LogP contribution is -2.42. The average Bonchev–Trinajstić information content (AvgIpc) is 2.45. The van der Waals surface area contributed by atoms with E-state index in [1.165, 1.54) is 17.4 Å². The Morgan fingerprint density at radius 1 is 1.24 bits per heavy atom. The zero-order chi connectivity index (χ0) is 15.6. The first-order chi connectivity index (χ1) is 9.84. The molecule has 1 saturated heterocycles. The van der Waals surface area contributed by atoms with Gasteiger partial charge in [0.15, 0.2) is 0 Å². The lowest BCUT2D eigenvalue weighted by Gasteiger charge is -2.34. The normalized spacial score (nSPS) is 23.8. The summed E-state index contributed by atoms with van der Waals surface area (Å²) in [5.41, 5.74) is 0.358. The first kappa shape index (κ1) is 16.0. The van der Waals surface area contributed by atoms with Crippen LogP contribution in [-0.4, -0.2) is 38.8 Å². The molecule has 1 aliphatic rings. The van der Waals surface area contributed by atoms with Gasteiger partial charge in [0.05, 0.1) is 4.90 Å². The van der Waals surface area contributed by atoms with E-state index in [-0.39, 0.29) is 10.8 Å². The largest absolute Gasteiger partial charge is 0.355 e. The van der Waals surface area contributed by atoms with Gasteiger partial charge in [-0.15, -0.1) is 0 Å². The second-order valence-corrected chi connectivity index (χ2v) is 7.81. The molecule has 1 amide bonds. The number of carbonyl (C=O) groups is 1. The molecule has 2 atom stereocenters. The molecule has 1 aromatic rings. The Labute approximate surface area is 126 Å². The van der Waals surface area contributed by atoms with Crippen LogP contribution < -0.4 is 5.32 Å². The van der Waals surface area contributed by atoms with E-state index in [2.05, 4.69) is 19.2 Å². The van der Waals surface area contributed by atoms with Gasteiger partial charge in [0.1, 0.15) is 0 Å². The number of hydrogen-bond acceptors (Lipinski definition) is 3. The van der Waals surface area contributed by atoms with Crippen LogP contribution in [0, 0.1) is 11.8 Å². The molecule has 1 aromatic carbocycles. The molecular formula is C15H22N2O3S. The number of benzene rings is 1. The van der Waals surface area contributed by atoms with Crippen molar-refractivity contribution < 1.29 is 13.2 Å². The van der Waals surface area contributed by atoms with E-state index in [1.807, 2.05) is 0 Å². The Bertz CT molecular complexity index is 618. The van der Waals surface area contributed by atoms with Gasteiger partial charge in [-0.25, -0.2) is 8.42 Å². The van der Waals surface area contributed by atoms with Crippen LogP contribution >= 0.6 is 0 Å². The van der Waals surface area contributed by atoms with Crippen molar-refractivity contribution in [3.8, 4) is 0 Å². The summed E-state index contributed by atoms with van der Waals surface area (Å²) in [5, 5.41) is 2.51. The van der Waals surface area contributed by atoms with Crippen molar-refractivity contribution in [3.05, 3.63) is 29.8 Å². The van der Waals surface area contributed by atoms with Gasteiger partial charge in [-0.2, -0.15) is 4.31 Å². The minimum atomic E-state index is -3.54. The molecule has 2 rings (SSSR count). The molecule has 0 aliphatic carbocycles. The molecule has 21 heavy (non-hydrogen) atoms. The first-order valence-corrected chi connectivity index (χ1v) is 8.61. The van der Waals surface area contributed by atoms with Gasteiger partial charge in [0.25, 0.3) is 5.91 Å². The molecule has 1 aliphatic heterocycles. The van der Waals surface area contributed by atoms with Gasteiger partial charge in [0.2, 0.25) is 10.0 Å². The van der Waals surface area contributed by atoms with Crippen molar-refractivity contribution in [2.75, 3.05) is 20.1 Å². The second kappa shape index (κ2) is 6.15. The van der Waals surface area contributed by atoms with Crippen LogP contribution in [0.5, 0.6) is 0 Å². The number of piperidine rings is 1. The highest BCUT2D eigenvalue weighted by molar-refractivity contribution is 7.89. The lowest BCUT2D eigenvalue weighted by atomic mass is 9.94. The molecule has 5 nitrogen and oxygen atoms in total. The molecule has 6 heteroatoms. The van der Waals surface area contributed by atoms with Crippen molar-refractivity contribution in [2.24, 2.45) is 11.8 Å². The third-order valence-electron chi connectivity index (χ3n) is 3.80. The summed E-state index contributed by atoms with van der Waals surface area (Å²) in [4.78, 5) is 11.8. The van der Waals surface area contributed by atoms with Crippen molar-refractivity contribution in [1.29, 1.82) is 0 Å². The van der Waals surface area contributed by atoms with Crippen molar-refractivity contribution >= 4 is 15.9 Å². The van der Waals surface area contributed by atoms with Gasteiger partial charge in [-0.1, -0.05) is 19.9 Å². The van der Waals surface area contributed by atoms with Crippen LogP contribution in [0.2, 0.25) is 0 Å². The summed E-state index contributed by atoms with van der Waals surface area (Å²) in [6, 6.07) is 6.21. The fraction of sp³-hybridized carbons (Fsp3) is 0.533. The van der Waals surface area contributed by atoms with Gasteiger partial charge in [-0.3, -0.25) is 4.79 Å². The fourth-order valence-electron chi connectivity index (χ4n) is 2.89. The number of hydrogen-bond donors (Lipinski definition) is 1. The summed E-state index contributed by atoms with van der Waals surface area (Å²) >= 11 is 0. The predicted molar refractivity (Wildman–Crippen MR) is 81.5 cm³/mol. The molecule has 1 fully saturated rings. The second-order valence-electron chi connectivity index (χ2n) is 5.88. The van der Waals surface area contributed by atoms with Crippen molar-refractivity contribution in [1.82, 2.24) is 9.62 Å². The molecule has 0 aromatic heterocycles. The SMILES string of the molecule is CNC(=O)c1cccc(S(=O)(=O)N2C[C@H](C)C[C@H](C)C2)c1. The molecule has 0 radical (unpaired) electrons. The van der Waals surface area contributed by atoms with Gasteiger partial charge >= 0.3 is 0 Å². The molecule has 116 valence electrons. The minimum Gasteiger partial charge on any atom is -0.355 e. The first-order valence-electron chi connectivity index (χ1n) is 7.17. The number of carbonyl (C=O) groups excluding carboxylic acids is 1. The summed E-state index contributed by atoms with van der Waals surface area (Å²) in [6.07, 6.45) is 1.05. The van der Waals surface area contributed by atoms with Crippen molar-refractivity contribution in [3.63, 3.8) is 0 Å². The summed E-state index contributed by atoms with van der Waals surface area (Å²) < 4.78 is 27.0. The Hall–Kier alpha value is -1.40. The van der Waals surface area contributed by atoms with E-state index < -0.39 is 10.0 Å². The lowest BCUT2D eigenvalue weighted by molar-refractivity contribution is 0.0963. The highest BCUT2D eigenvalue weighted by atomic mass is 32.2. The average molecular weight is 310 g/mol. The van der Waals surface area contributed by atoms with E-state index in [0.717, 1.165) is 6.42 Å². The van der Waals surface area contributed by atoms with Gasteiger partial charge in [0, 0.05) is 25.7 Å². The van der Waals surface area contributed by atoms with Crippen molar-refractivity contribution in [2.45, 2.75) is 25.2 Å². The molecule has 0 bridgehead atoms. The van der Waals surface area contributed by atoms with Crippen LogP contribution in [0.15, 0.2) is 29.2 Å². The highest BCUT2D eigenvalue weighted by Gasteiger charge is 2.31. The number of sulfonamides is 1. The molecule has 0 spiro atoms. The number of nitrogens with zero attached hydrogens (tertiary/aromatic N) is 1. The maximum atomic E-state index is 12.7. The molecule has 0 saturated carbocycles. The molecule has 0 unspecified atom stereocenters. The quantitative estimate of drug-likeness (QED) is 0.924. The van der Waals surface area contributed by atoms with E-state index in [4.69, 9.17) is 0 Å². The van der Waals surface area contributed by atoms with E-state index in [0.29, 0.717) is 30.5 Å². The van der Waals surface area contributed by atoms with Crippen LogP contribution in [0.3, 0.4) is 0 Å². The minimum absolute atomic E-state index is 0.185. The zero-order valence-electron chi connectivity index (χ0n) is 12.7. The van der Waals surface area contributed by atoms with E-state index in [1.54, 1.807) is 18.2 Å². The molecule has 1 heterocycles. The third-order valence-corrected chi connectivity index (χ3v) is 5.62. The van der Waals surface area contributed by atoms with Gasteiger partial charge in [-0.05, 0) is 36.5 Å². The van der Waals surface area contributed by atoms with Crippen LogP contribution in [-0.2, 0) is 10.0 Å². The number of amides is 1. The fourth-order valence-corrected chi connectivity index (χ4v) is 4.62. The number of rotatable bonds is 3. The summed E-state index contributed by atoms with van der Waals surface area (Å²) in [6.45, 7) is 5.21. The Kier molecular flexibility index (Phi) is 4.68. The summed E-state index contributed by atoms with van der Waals surface area (Å²) in [5.74, 6) is 0.420. The Balaban J connectivity index is 2.33. The molecule has 1 N–H and O–H groups in total. The highest BCUT2D eigenvalue weighted by Crippen LogP contribution is 2.26. The standard InChI is InChI=1S/C15H22N2O3S/c1-11-7-12(2)10-17(9-11)21(19,20)14-6-4-5-13(8-14)15(18)16-3/h4-6,8,11-12H,7,9-10H2,1-3H3,(H,16,18)/t11-,12+. The van der Waals surface area contributed by atoms with Gasteiger partial charge < -0.3 is 5.32 Å². The smallest absolute Gasteiger partial charge is 0.251 e. The Morgan fingerprint density at radius 3 is 2.43 bits per heavy atom. The van der Waals surface area contributed by atoms with Crippen LogP contribution in [0.1, 0.15) is 30.6 Å². The van der Waals surface area contributed by atoms with E-state index in [9.17, 15) is 13.2 Å². The maximum absolute atomic E-state index is 12.7. The predicted octanol–water partition coefficient (Wildman–Crippen LogP) is 1.71. The van der Waals surface area contributed by atoms with Crippen LogP contribution in [0.4, 0.5) is 0 Å². The number of nitrogens with one attached hydrogen (secondary N) is 1. The zero-order valence-corrected chi connectivity index (χ0v) is 13.5. The monoisotopic (exact) mass is 310 g/mol. The summed E-state index contributed by atoms with van der Waals surface area (Å²) in [7, 11) is -2.01. The third kappa shape index (κ3) is 3.44. The van der Waals surface area contributed by atoms with Crippen LogP contribution in [0.25, 0.3) is 0 Å².